The molecule has 0 bridgehead atoms. The molecule has 0 saturated heterocycles. The fourth-order valence-corrected chi connectivity index (χ4v) is 4.51. The number of aromatic nitrogens is 3. The molecule has 0 aliphatic heterocycles. The van der Waals surface area contributed by atoms with Crippen molar-refractivity contribution in [2.45, 2.75) is 19.3 Å². The highest BCUT2D eigenvalue weighted by Crippen LogP contribution is 2.40. The number of nitrogens with zero attached hydrogens (tertiary/aromatic N) is 2. The molecule has 31 heavy (non-hydrogen) atoms. The number of fused-ring (bicyclic) bond motifs is 1. The highest BCUT2D eigenvalue weighted by Gasteiger charge is 2.25. The Morgan fingerprint density at radius 1 is 1.13 bits per heavy atom. The minimum absolute atomic E-state index is 0.156. The third-order valence-corrected chi connectivity index (χ3v) is 6.14. The number of hydrogen-bond acceptors (Lipinski definition) is 6. The van der Waals surface area contributed by atoms with Gasteiger partial charge < -0.3 is 19.8 Å². The van der Waals surface area contributed by atoms with Gasteiger partial charge in [0.15, 0.2) is 11.5 Å². The number of benzene rings is 2. The smallest absolute Gasteiger partial charge is 0.264 e. The summed E-state index contributed by atoms with van der Waals surface area (Å²) in [6.07, 6.45) is 2.65. The molecular formula is C23H24N4O3S. The van der Waals surface area contributed by atoms with Crippen molar-refractivity contribution < 1.29 is 14.3 Å². The maximum Gasteiger partial charge on any atom is 0.264 e. The van der Waals surface area contributed by atoms with Gasteiger partial charge >= 0.3 is 0 Å². The van der Waals surface area contributed by atoms with E-state index in [1.165, 1.54) is 0 Å². The summed E-state index contributed by atoms with van der Waals surface area (Å²) in [6.45, 7) is 2.34. The first-order chi connectivity index (χ1) is 15.2. The molecule has 160 valence electrons. The van der Waals surface area contributed by atoms with Crippen LogP contribution in [0.15, 0.2) is 48.7 Å². The molecule has 2 heterocycles. The summed E-state index contributed by atoms with van der Waals surface area (Å²) in [5.74, 6) is 0.981. The molecule has 0 radical (unpaired) electrons. The van der Waals surface area contributed by atoms with E-state index in [4.69, 9.17) is 9.47 Å². The molecule has 7 nitrogen and oxygen atoms in total. The zero-order valence-electron chi connectivity index (χ0n) is 17.6. The Hall–Kier alpha value is -3.39. The summed E-state index contributed by atoms with van der Waals surface area (Å²) in [7, 11) is 3.25. The van der Waals surface area contributed by atoms with Gasteiger partial charge in [-0.1, -0.05) is 41.7 Å². The largest absolute Gasteiger partial charge is 0.493 e. The number of hydrogen-bond donors (Lipinski definition) is 2. The number of aryl methyl sites for hydroxylation is 1. The second-order valence-corrected chi connectivity index (χ2v) is 7.79. The number of rotatable bonds is 8. The van der Waals surface area contributed by atoms with Crippen molar-refractivity contribution in [2.75, 3.05) is 20.8 Å². The van der Waals surface area contributed by atoms with Crippen molar-refractivity contribution in [3.63, 3.8) is 0 Å². The van der Waals surface area contributed by atoms with Crippen molar-refractivity contribution in [3.05, 3.63) is 70.4 Å². The van der Waals surface area contributed by atoms with Gasteiger partial charge in [0.1, 0.15) is 4.88 Å². The van der Waals surface area contributed by atoms with Gasteiger partial charge in [0.25, 0.3) is 5.91 Å². The average molecular weight is 437 g/mol. The molecule has 8 heteroatoms. The van der Waals surface area contributed by atoms with E-state index in [9.17, 15) is 4.79 Å². The zero-order chi connectivity index (χ0) is 21.8. The van der Waals surface area contributed by atoms with Crippen LogP contribution in [-0.4, -0.2) is 41.2 Å². The number of methoxy groups -OCH3 is 2. The summed E-state index contributed by atoms with van der Waals surface area (Å²) in [4.78, 5) is 16.8. The molecule has 0 fully saturated rings. The van der Waals surface area contributed by atoms with Crippen LogP contribution < -0.4 is 14.8 Å². The second-order valence-electron chi connectivity index (χ2n) is 7.04. The Balaban J connectivity index is 1.74. The van der Waals surface area contributed by atoms with E-state index in [1.54, 1.807) is 14.2 Å². The lowest BCUT2D eigenvalue weighted by Crippen LogP contribution is -2.29. The molecule has 0 aliphatic carbocycles. The molecular weight excluding hydrogens is 412 g/mol. The fourth-order valence-electron chi connectivity index (χ4n) is 3.84. The van der Waals surface area contributed by atoms with Crippen LogP contribution in [0.25, 0.3) is 10.9 Å². The molecule has 1 amide bonds. The Morgan fingerprint density at radius 3 is 2.74 bits per heavy atom. The lowest BCUT2D eigenvalue weighted by Gasteiger charge is -2.22. The average Bonchev–Trinajstić information content (AvgIpc) is 3.46. The van der Waals surface area contributed by atoms with E-state index in [0.717, 1.165) is 33.6 Å². The van der Waals surface area contributed by atoms with E-state index in [-0.39, 0.29) is 11.8 Å². The molecule has 0 spiro atoms. The Labute approximate surface area is 184 Å². The second kappa shape index (κ2) is 9.18. The number of para-hydroxylation sites is 2. The normalized spacial score (nSPS) is 12.0. The van der Waals surface area contributed by atoms with E-state index in [2.05, 4.69) is 26.0 Å². The molecule has 2 aromatic heterocycles. The predicted molar refractivity (Wildman–Crippen MR) is 121 cm³/mol. The van der Waals surface area contributed by atoms with Gasteiger partial charge in [-0.2, -0.15) is 0 Å². The predicted octanol–water partition coefficient (Wildman–Crippen LogP) is 4.16. The Morgan fingerprint density at radius 2 is 1.97 bits per heavy atom. The van der Waals surface area contributed by atoms with Crippen molar-refractivity contribution >= 4 is 28.3 Å². The van der Waals surface area contributed by atoms with Crippen molar-refractivity contribution in [1.82, 2.24) is 19.9 Å². The van der Waals surface area contributed by atoms with Crippen molar-refractivity contribution in [1.29, 1.82) is 0 Å². The van der Waals surface area contributed by atoms with Crippen LogP contribution in [0, 0.1) is 0 Å². The molecule has 2 N–H and O–H groups in total. The number of nitrogens with one attached hydrogen (secondary N) is 2. The van der Waals surface area contributed by atoms with Gasteiger partial charge in [-0.05, 0) is 35.6 Å². The van der Waals surface area contributed by atoms with Gasteiger partial charge in [-0.15, -0.1) is 5.10 Å². The first-order valence-corrected chi connectivity index (χ1v) is 10.8. The Bertz CT molecular complexity index is 1200. The van der Waals surface area contributed by atoms with E-state index in [0.29, 0.717) is 35.0 Å². The molecule has 4 aromatic rings. The maximum atomic E-state index is 12.9. The van der Waals surface area contributed by atoms with Crippen molar-refractivity contribution in [3.8, 4) is 11.5 Å². The minimum atomic E-state index is -0.168. The van der Waals surface area contributed by atoms with E-state index >= 15 is 0 Å². The Kier molecular flexibility index (Phi) is 6.18. The number of ether oxygens (including phenoxy) is 2. The summed E-state index contributed by atoms with van der Waals surface area (Å²) in [5.41, 5.74) is 3.76. The highest BCUT2D eigenvalue weighted by molar-refractivity contribution is 7.08. The van der Waals surface area contributed by atoms with Crippen LogP contribution >= 0.6 is 11.5 Å². The monoisotopic (exact) mass is 436 g/mol. The number of H-pyrrole nitrogens is 1. The number of carbonyl (C=O) groups excluding carboxylic acids is 1. The SMILES string of the molecule is CCc1nnsc1C(=O)NCC(c1cccc(OC)c1OC)c1c[nH]c2ccccc12. The van der Waals surface area contributed by atoms with Crippen LogP contribution in [0.4, 0.5) is 0 Å². The fraction of sp³-hybridized carbons (Fsp3) is 0.261. The van der Waals surface area contributed by atoms with E-state index < -0.39 is 0 Å². The number of carbonyl (C=O) groups is 1. The molecule has 4 rings (SSSR count). The van der Waals surface area contributed by atoms with Gasteiger partial charge in [0.2, 0.25) is 0 Å². The van der Waals surface area contributed by atoms with Crippen LogP contribution in [0.3, 0.4) is 0 Å². The van der Waals surface area contributed by atoms with Gasteiger partial charge in [-0.3, -0.25) is 4.79 Å². The summed E-state index contributed by atoms with van der Waals surface area (Å²) >= 11 is 1.12. The third kappa shape index (κ3) is 3.98. The summed E-state index contributed by atoms with van der Waals surface area (Å²) in [5, 5.41) is 8.23. The van der Waals surface area contributed by atoms with Crippen LogP contribution in [0.5, 0.6) is 11.5 Å². The van der Waals surface area contributed by atoms with E-state index in [1.807, 2.05) is 49.5 Å². The van der Waals surface area contributed by atoms with Gasteiger partial charge in [0, 0.05) is 35.1 Å². The topological polar surface area (TPSA) is 89.1 Å². The lowest BCUT2D eigenvalue weighted by molar-refractivity contribution is 0.0955. The summed E-state index contributed by atoms with van der Waals surface area (Å²) in [6, 6.07) is 13.9. The zero-order valence-corrected chi connectivity index (χ0v) is 18.5. The molecule has 1 atom stereocenters. The minimum Gasteiger partial charge on any atom is -0.493 e. The first kappa shape index (κ1) is 20.9. The molecule has 0 saturated carbocycles. The van der Waals surface area contributed by atoms with Gasteiger partial charge in [0.05, 0.1) is 19.9 Å². The summed E-state index contributed by atoms with van der Waals surface area (Å²) < 4.78 is 15.1. The number of amides is 1. The third-order valence-electron chi connectivity index (χ3n) is 5.37. The maximum absolute atomic E-state index is 12.9. The highest BCUT2D eigenvalue weighted by atomic mass is 32.1. The van der Waals surface area contributed by atoms with Crippen LogP contribution in [0.1, 0.15) is 39.3 Å². The van der Waals surface area contributed by atoms with Crippen molar-refractivity contribution in [2.24, 2.45) is 0 Å². The molecule has 1 unspecified atom stereocenters. The molecule has 2 aromatic carbocycles. The quantitative estimate of drug-likeness (QED) is 0.433. The molecule has 0 aliphatic rings. The van der Waals surface area contributed by atoms with Crippen LogP contribution in [0.2, 0.25) is 0 Å². The number of aromatic amines is 1. The lowest BCUT2D eigenvalue weighted by atomic mass is 9.89. The standard InChI is InChI=1S/C23H24N4O3S/c1-4-18-22(31-27-26-18)23(28)25-13-17(15-9-7-11-20(29-2)21(15)30-3)16-12-24-19-10-6-5-8-14(16)19/h5-12,17,24H,4,13H2,1-3H3,(H,25,28). The van der Waals surface area contributed by atoms with Crippen LogP contribution in [-0.2, 0) is 6.42 Å². The first-order valence-electron chi connectivity index (χ1n) is 10.0. The van der Waals surface area contributed by atoms with Gasteiger partial charge in [-0.25, -0.2) is 0 Å².